The molecule has 9 nitrogen and oxygen atoms in total. The van der Waals surface area contributed by atoms with Crippen molar-refractivity contribution in [2.45, 2.75) is 38.0 Å². The van der Waals surface area contributed by atoms with Crippen molar-refractivity contribution >= 4 is 27.0 Å². The molecule has 0 N–H and O–H groups in total. The van der Waals surface area contributed by atoms with Crippen LogP contribution < -0.4 is 4.84 Å². The molecule has 0 aliphatic carbocycles. The van der Waals surface area contributed by atoms with Gasteiger partial charge in [-0.2, -0.15) is 4.31 Å². The molecule has 2 heterocycles. The minimum atomic E-state index is -3.57. The summed E-state index contributed by atoms with van der Waals surface area (Å²) in [6, 6.07) is 4.64. The van der Waals surface area contributed by atoms with E-state index >= 15 is 0 Å². The zero-order chi connectivity index (χ0) is 19.4. The third-order valence-electron chi connectivity index (χ3n) is 4.77. The summed E-state index contributed by atoms with van der Waals surface area (Å²) in [5.74, 6) is -0.166. The van der Waals surface area contributed by atoms with E-state index in [1.165, 1.54) is 16.4 Å². The van der Waals surface area contributed by atoms with Crippen LogP contribution in [0.15, 0.2) is 23.1 Å². The van der Waals surface area contributed by atoms with Gasteiger partial charge in [0.1, 0.15) is 11.0 Å². The third kappa shape index (κ3) is 4.06. The molecule has 0 bridgehead atoms. The number of hydrogen-bond acceptors (Lipinski definition) is 6. The molecule has 2 aromatic rings. The number of carbonyl (C=O) groups is 1. The Bertz CT molecular complexity index is 901. The Labute approximate surface area is 158 Å². The van der Waals surface area contributed by atoms with Crippen LogP contribution in [-0.4, -0.2) is 71.5 Å². The lowest BCUT2D eigenvalue weighted by Crippen LogP contribution is -2.36. The molecule has 1 aromatic heterocycles. The molecule has 27 heavy (non-hydrogen) atoms. The summed E-state index contributed by atoms with van der Waals surface area (Å²) in [5.41, 5.74) is 0.920. The van der Waals surface area contributed by atoms with E-state index in [9.17, 15) is 13.2 Å². The summed E-state index contributed by atoms with van der Waals surface area (Å²) in [6.07, 6.45) is 2.80. The maximum absolute atomic E-state index is 12.9. The van der Waals surface area contributed by atoms with Crippen LogP contribution in [0.3, 0.4) is 0 Å². The van der Waals surface area contributed by atoms with E-state index in [1.54, 1.807) is 11.0 Å². The first-order valence-electron chi connectivity index (χ1n) is 9.24. The fourth-order valence-electron chi connectivity index (χ4n) is 3.17. The van der Waals surface area contributed by atoms with Crippen LogP contribution in [0.2, 0.25) is 0 Å². The van der Waals surface area contributed by atoms with Gasteiger partial charge in [-0.25, -0.2) is 8.42 Å². The highest BCUT2D eigenvalue weighted by Crippen LogP contribution is 2.23. The van der Waals surface area contributed by atoms with Gasteiger partial charge in [-0.3, -0.25) is 4.79 Å². The Kier molecular flexibility index (Phi) is 5.95. The molecule has 0 radical (unpaired) electrons. The monoisotopic (exact) mass is 395 g/mol. The topological polar surface area (TPSA) is 97.6 Å². The summed E-state index contributed by atoms with van der Waals surface area (Å²) in [5, 5.41) is 7.85. The summed E-state index contributed by atoms with van der Waals surface area (Å²) in [7, 11) is -3.57. The van der Waals surface area contributed by atoms with Gasteiger partial charge in [-0.15, -0.1) is 5.10 Å². The molecule has 0 saturated carbocycles. The van der Waals surface area contributed by atoms with Crippen LogP contribution >= 0.6 is 0 Å². The van der Waals surface area contributed by atoms with E-state index in [0.717, 1.165) is 24.1 Å². The van der Waals surface area contributed by atoms with Gasteiger partial charge >= 0.3 is 0 Å². The van der Waals surface area contributed by atoms with E-state index < -0.39 is 10.0 Å². The molecule has 0 atom stereocenters. The zero-order valence-corrected chi connectivity index (χ0v) is 16.5. The van der Waals surface area contributed by atoms with Crippen molar-refractivity contribution in [3.63, 3.8) is 0 Å². The number of rotatable bonds is 7. The number of aromatic nitrogens is 3. The van der Waals surface area contributed by atoms with Gasteiger partial charge in [-0.1, -0.05) is 11.3 Å². The second kappa shape index (κ2) is 8.22. The van der Waals surface area contributed by atoms with Gasteiger partial charge < -0.3 is 9.74 Å². The molecule has 148 valence electrons. The summed E-state index contributed by atoms with van der Waals surface area (Å²) >= 11 is 0. The van der Waals surface area contributed by atoms with Crippen LogP contribution in [0.25, 0.3) is 11.0 Å². The fourth-order valence-corrected chi connectivity index (χ4v) is 4.71. The number of nitrogens with zero attached hydrogens (tertiary/aromatic N) is 5. The van der Waals surface area contributed by atoms with Gasteiger partial charge in [-0.05, 0) is 50.1 Å². The standard InChI is InChI=1S/C17H25N5O4S/c1-3-20(4-2)17(23)13-26-22-16-12-14(8-9-15(16)18-19-22)27(24,25)21-10-6-5-7-11-21/h8-9,12H,3-7,10-11,13H2,1-2H3. The fraction of sp³-hybridized carbons (Fsp3) is 0.588. The lowest BCUT2D eigenvalue weighted by Gasteiger charge is -2.25. The average molecular weight is 395 g/mol. The summed E-state index contributed by atoms with van der Waals surface area (Å²) in [4.78, 5) is 20.5. The van der Waals surface area contributed by atoms with Crippen molar-refractivity contribution < 1.29 is 18.0 Å². The van der Waals surface area contributed by atoms with Crippen molar-refractivity contribution in [1.29, 1.82) is 0 Å². The van der Waals surface area contributed by atoms with Gasteiger partial charge in [0, 0.05) is 26.2 Å². The second-order valence-electron chi connectivity index (χ2n) is 6.42. The smallest absolute Gasteiger partial charge is 0.263 e. The minimum Gasteiger partial charge on any atom is -0.385 e. The van der Waals surface area contributed by atoms with Gasteiger partial charge in [0.2, 0.25) is 10.0 Å². The molecular weight excluding hydrogens is 370 g/mol. The molecule has 10 heteroatoms. The predicted molar refractivity (Wildman–Crippen MR) is 99.5 cm³/mol. The van der Waals surface area contributed by atoms with Crippen LogP contribution in [0.5, 0.6) is 0 Å². The number of piperidine rings is 1. The summed E-state index contributed by atoms with van der Waals surface area (Å²) < 4.78 is 27.3. The summed E-state index contributed by atoms with van der Waals surface area (Å²) in [6.45, 7) is 5.85. The number of fused-ring (bicyclic) bond motifs is 1. The van der Waals surface area contributed by atoms with Crippen molar-refractivity contribution in [2.24, 2.45) is 0 Å². The Balaban J connectivity index is 1.82. The molecule has 1 aliphatic heterocycles. The van der Waals surface area contributed by atoms with E-state index in [-0.39, 0.29) is 17.4 Å². The molecule has 0 spiro atoms. The average Bonchev–Trinajstić information content (AvgIpc) is 3.10. The highest BCUT2D eigenvalue weighted by Gasteiger charge is 2.26. The lowest BCUT2D eigenvalue weighted by atomic mass is 10.2. The lowest BCUT2D eigenvalue weighted by molar-refractivity contribution is -0.136. The van der Waals surface area contributed by atoms with E-state index in [1.807, 2.05) is 13.8 Å². The van der Waals surface area contributed by atoms with Gasteiger partial charge in [0.05, 0.1) is 4.90 Å². The highest BCUT2D eigenvalue weighted by molar-refractivity contribution is 7.89. The Morgan fingerprint density at radius 2 is 1.89 bits per heavy atom. The van der Waals surface area contributed by atoms with E-state index in [2.05, 4.69) is 10.3 Å². The van der Waals surface area contributed by atoms with Crippen molar-refractivity contribution in [3.05, 3.63) is 18.2 Å². The highest BCUT2D eigenvalue weighted by atomic mass is 32.2. The molecular formula is C17H25N5O4S. The normalized spacial score (nSPS) is 15.8. The van der Waals surface area contributed by atoms with Crippen LogP contribution in [-0.2, 0) is 14.8 Å². The van der Waals surface area contributed by atoms with E-state index in [0.29, 0.717) is 37.2 Å². The minimum absolute atomic E-state index is 0.166. The number of sulfonamides is 1. The Morgan fingerprint density at radius 3 is 2.56 bits per heavy atom. The first kappa shape index (κ1) is 19.6. The number of benzene rings is 1. The number of hydrogen-bond donors (Lipinski definition) is 0. The second-order valence-corrected chi connectivity index (χ2v) is 8.36. The molecule has 1 saturated heterocycles. The van der Waals surface area contributed by atoms with Crippen LogP contribution in [0, 0.1) is 0 Å². The molecule has 1 fully saturated rings. The van der Waals surface area contributed by atoms with E-state index in [4.69, 9.17) is 4.84 Å². The van der Waals surface area contributed by atoms with Gasteiger partial charge in [0.25, 0.3) is 5.91 Å². The largest absolute Gasteiger partial charge is 0.385 e. The van der Waals surface area contributed by atoms with Crippen molar-refractivity contribution in [3.8, 4) is 0 Å². The zero-order valence-electron chi connectivity index (χ0n) is 15.7. The van der Waals surface area contributed by atoms with Crippen molar-refractivity contribution in [2.75, 3.05) is 32.8 Å². The number of carbonyl (C=O) groups excluding carboxylic acids is 1. The van der Waals surface area contributed by atoms with Crippen LogP contribution in [0.1, 0.15) is 33.1 Å². The van der Waals surface area contributed by atoms with Crippen molar-refractivity contribution in [1.82, 2.24) is 24.4 Å². The Morgan fingerprint density at radius 1 is 1.19 bits per heavy atom. The maximum Gasteiger partial charge on any atom is 0.263 e. The SMILES string of the molecule is CCN(CC)C(=O)COn1nnc2ccc(S(=O)(=O)N3CCCCC3)cc21. The molecule has 3 rings (SSSR count). The number of likely N-dealkylation sites (N-methyl/N-ethyl adjacent to an activating group) is 1. The first-order chi connectivity index (χ1) is 13.0. The first-order valence-corrected chi connectivity index (χ1v) is 10.7. The maximum atomic E-state index is 12.9. The van der Waals surface area contributed by atoms with Crippen LogP contribution in [0.4, 0.5) is 0 Å². The molecule has 1 aliphatic rings. The quantitative estimate of drug-likeness (QED) is 0.691. The molecule has 1 aromatic carbocycles. The molecule has 0 unspecified atom stereocenters. The van der Waals surface area contributed by atoms with Gasteiger partial charge in [0.15, 0.2) is 6.61 Å². The molecule has 1 amide bonds. The Hall–Kier alpha value is -2.20. The predicted octanol–water partition coefficient (Wildman–Crippen LogP) is 0.903. The number of amides is 1. The third-order valence-corrected chi connectivity index (χ3v) is 6.66.